The molecular formula is C20H23N3O3S. The summed E-state index contributed by atoms with van der Waals surface area (Å²) in [5.41, 5.74) is 2.57. The van der Waals surface area contributed by atoms with Crippen molar-refractivity contribution in [2.75, 3.05) is 31.6 Å². The molecule has 0 saturated carbocycles. The largest absolute Gasteiger partial charge is 0.378 e. The van der Waals surface area contributed by atoms with E-state index in [4.69, 9.17) is 4.74 Å². The smallest absolute Gasteiger partial charge is 0.257 e. The van der Waals surface area contributed by atoms with E-state index in [2.05, 4.69) is 10.3 Å². The number of benzene rings is 1. The fourth-order valence-electron chi connectivity index (χ4n) is 3.59. The highest BCUT2D eigenvalue weighted by Crippen LogP contribution is 2.38. The number of thiazole rings is 1. The highest BCUT2D eigenvalue weighted by molar-refractivity contribution is 7.15. The summed E-state index contributed by atoms with van der Waals surface area (Å²) in [6.45, 7) is 4.47. The van der Waals surface area contributed by atoms with Gasteiger partial charge in [0.05, 0.1) is 24.8 Å². The zero-order valence-corrected chi connectivity index (χ0v) is 16.2. The number of rotatable bonds is 3. The first kappa shape index (κ1) is 18.1. The van der Waals surface area contributed by atoms with E-state index in [0.29, 0.717) is 37.0 Å². The van der Waals surface area contributed by atoms with E-state index in [0.717, 1.165) is 35.4 Å². The van der Waals surface area contributed by atoms with Gasteiger partial charge in [0, 0.05) is 23.5 Å². The Kier molecular flexibility index (Phi) is 5.22. The summed E-state index contributed by atoms with van der Waals surface area (Å²) in [6.07, 6.45) is 2.71. The lowest BCUT2D eigenvalue weighted by molar-refractivity contribution is -0.137. The van der Waals surface area contributed by atoms with Crippen molar-refractivity contribution in [3.05, 3.63) is 46.0 Å². The molecule has 2 amide bonds. The van der Waals surface area contributed by atoms with Crippen molar-refractivity contribution in [2.24, 2.45) is 0 Å². The molecule has 2 heterocycles. The van der Waals surface area contributed by atoms with E-state index in [1.54, 1.807) is 0 Å². The summed E-state index contributed by atoms with van der Waals surface area (Å²) in [7, 11) is 0. The third-order valence-electron chi connectivity index (χ3n) is 5.11. The first-order valence-corrected chi connectivity index (χ1v) is 10.2. The fourth-order valence-corrected chi connectivity index (χ4v) is 4.65. The number of nitrogens with one attached hydrogen (secondary N) is 1. The lowest BCUT2D eigenvalue weighted by atomic mass is 9.90. The molecule has 1 atom stereocenters. The number of nitrogens with zero attached hydrogens (tertiary/aromatic N) is 2. The zero-order chi connectivity index (χ0) is 18.8. The molecule has 1 fully saturated rings. The van der Waals surface area contributed by atoms with Gasteiger partial charge in [-0.15, -0.1) is 11.3 Å². The molecule has 1 aliphatic carbocycles. The van der Waals surface area contributed by atoms with Gasteiger partial charge in [-0.3, -0.25) is 14.9 Å². The maximum atomic E-state index is 12.9. The van der Waals surface area contributed by atoms with Gasteiger partial charge in [-0.1, -0.05) is 17.7 Å². The lowest BCUT2D eigenvalue weighted by Crippen LogP contribution is -2.43. The molecule has 0 spiro atoms. The molecular weight excluding hydrogens is 362 g/mol. The van der Waals surface area contributed by atoms with Crippen molar-refractivity contribution in [1.82, 2.24) is 9.88 Å². The second kappa shape index (κ2) is 7.78. The Balaban J connectivity index is 1.51. The monoisotopic (exact) mass is 385 g/mol. The Morgan fingerprint density at radius 1 is 1.22 bits per heavy atom. The normalized spacial score (nSPS) is 19.4. The maximum absolute atomic E-state index is 12.9. The van der Waals surface area contributed by atoms with E-state index in [1.165, 1.54) is 11.3 Å². The van der Waals surface area contributed by atoms with Crippen LogP contribution in [0, 0.1) is 6.92 Å². The molecule has 7 heteroatoms. The van der Waals surface area contributed by atoms with Gasteiger partial charge < -0.3 is 9.64 Å². The van der Waals surface area contributed by atoms with Crippen LogP contribution in [0.4, 0.5) is 5.13 Å². The van der Waals surface area contributed by atoms with Crippen LogP contribution in [0.25, 0.3) is 0 Å². The Morgan fingerprint density at radius 3 is 2.70 bits per heavy atom. The average Bonchev–Trinajstić information content (AvgIpc) is 3.11. The topological polar surface area (TPSA) is 71.5 Å². The van der Waals surface area contributed by atoms with Crippen LogP contribution in [-0.4, -0.2) is 48.0 Å². The molecule has 6 nitrogen and oxygen atoms in total. The van der Waals surface area contributed by atoms with E-state index >= 15 is 0 Å². The fraction of sp³-hybridized carbons (Fsp3) is 0.450. The minimum absolute atomic E-state index is 0.140. The molecule has 27 heavy (non-hydrogen) atoms. The van der Waals surface area contributed by atoms with Gasteiger partial charge >= 0.3 is 0 Å². The summed E-state index contributed by atoms with van der Waals surface area (Å²) in [5.74, 6) is -0.230. The van der Waals surface area contributed by atoms with Crippen molar-refractivity contribution in [3.63, 3.8) is 0 Å². The number of fused-ring (bicyclic) bond motifs is 1. The summed E-state index contributed by atoms with van der Waals surface area (Å²) in [5, 5.41) is 3.47. The molecule has 142 valence electrons. The van der Waals surface area contributed by atoms with Crippen LogP contribution in [0.1, 0.15) is 45.3 Å². The van der Waals surface area contributed by atoms with Crippen LogP contribution in [0.15, 0.2) is 24.3 Å². The van der Waals surface area contributed by atoms with Crippen LogP contribution in [0.3, 0.4) is 0 Å². The van der Waals surface area contributed by atoms with Crippen LogP contribution < -0.4 is 5.32 Å². The number of carbonyl (C=O) groups excluding carboxylic acids is 2. The molecule has 0 radical (unpaired) electrons. The number of morpholine rings is 1. The van der Waals surface area contributed by atoms with Crippen LogP contribution in [0.2, 0.25) is 0 Å². The average molecular weight is 385 g/mol. The second-order valence-corrected chi connectivity index (χ2v) is 8.11. The van der Waals surface area contributed by atoms with Gasteiger partial charge in [0.15, 0.2) is 5.13 Å². The van der Waals surface area contributed by atoms with E-state index in [9.17, 15) is 9.59 Å². The van der Waals surface area contributed by atoms with Crippen LogP contribution >= 0.6 is 11.3 Å². The second-order valence-electron chi connectivity index (χ2n) is 7.03. The highest BCUT2D eigenvalue weighted by atomic mass is 32.1. The number of hydrogen-bond donors (Lipinski definition) is 1. The number of aromatic nitrogens is 1. The van der Waals surface area contributed by atoms with Gasteiger partial charge in [0.1, 0.15) is 0 Å². The number of hydrogen-bond acceptors (Lipinski definition) is 5. The molecule has 1 N–H and O–H groups in total. The molecule has 4 rings (SSSR count). The van der Waals surface area contributed by atoms with Crippen molar-refractivity contribution in [3.8, 4) is 0 Å². The van der Waals surface area contributed by atoms with Crippen molar-refractivity contribution < 1.29 is 14.3 Å². The van der Waals surface area contributed by atoms with Crippen molar-refractivity contribution in [2.45, 2.75) is 32.1 Å². The van der Waals surface area contributed by atoms with E-state index < -0.39 is 0 Å². The zero-order valence-electron chi connectivity index (χ0n) is 15.4. The number of amides is 2. The molecule has 1 unspecified atom stereocenters. The lowest BCUT2D eigenvalue weighted by Gasteiger charge is -2.31. The third-order valence-corrected chi connectivity index (χ3v) is 6.16. The first-order chi connectivity index (χ1) is 13.1. The Labute approximate surface area is 162 Å². The molecule has 1 saturated heterocycles. The molecule has 0 bridgehead atoms. The molecule has 1 aliphatic heterocycles. The highest BCUT2D eigenvalue weighted by Gasteiger charge is 2.33. The summed E-state index contributed by atoms with van der Waals surface area (Å²) < 4.78 is 5.35. The van der Waals surface area contributed by atoms with Gasteiger partial charge in [-0.05, 0) is 38.3 Å². The maximum Gasteiger partial charge on any atom is 0.257 e. The first-order valence-electron chi connectivity index (χ1n) is 9.36. The summed E-state index contributed by atoms with van der Waals surface area (Å²) >= 11 is 1.49. The minimum Gasteiger partial charge on any atom is -0.378 e. The van der Waals surface area contributed by atoms with Gasteiger partial charge in [0.2, 0.25) is 5.91 Å². The third kappa shape index (κ3) is 3.89. The molecule has 1 aromatic heterocycles. The minimum atomic E-state index is -0.201. The van der Waals surface area contributed by atoms with Crippen molar-refractivity contribution in [1.29, 1.82) is 0 Å². The number of aryl methyl sites for hydroxylation is 2. The van der Waals surface area contributed by atoms with Gasteiger partial charge in [-0.25, -0.2) is 4.98 Å². The van der Waals surface area contributed by atoms with Crippen molar-refractivity contribution >= 4 is 28.3 Å². The Morgan fingerprint density at radius 2 is 1.96 bits per heavy atom. The van der Waals surface area contributed by atoms with Gasteiger partial charge in [0.25, 0.3) is 5.91 Å². The Hall–Kier alpha value is -2.25. The number of ether oxygens (including phenoxy) is 1. The Bertz CT molecular complexity index is 841. The number of carbonyl (C=O) groups is 2. The van der Waals surface area contributed by atoms with E-state index in [-0.39, 0.29) is 17.7 Å². The SMILES string of the molecule is Cc1ccc(C(=O)Nc2nc3c(s2)CCCC3C(=O)N2CCOCC2)cc1. The number of anilines is 1. The molecule has 2 aliphatic rings. The van der Waals surface area contributed by atoms with Gasteiger partial charge in [-0.2, -0.15) is 0 Å². The van der Waals surface area contributed by atoms with E-state index in [1.807, 2.05) is 36.1 Å². The van der Waals surface area contributed by atoms with Crippen LogP contribution in [0.5, 0.6) is 0 Å². The summed E-state index contributed by atoms with van der Waals surface area (Å²) in [6, 6.07) is 7.45. The standard InChI is InChI=1S/C20H23N3O3S/c1-13-5-7-14(8-6-13)18(24)22-20-21-17-15(3-2-4-16(17)27-20)19(25)23-9-11-26-12-10-23/h5-8,15H,2-4,9-12H2,1H3,(H,21,22,24). The summed E-state index contributed by atoms with van der Waals surface area (Å²) in [4.78, 5) is 33.1. The predicted octanol–water partition coefficient (Wildman–Crippen LogP) is 2.98. The van der Waals surface area contributed by atoms with Crippen LogP contribution in [-0.2, 0) is 16.0 Å². The molecule has 1 aromatic carbocycles. The molecule has 2 aromatic rings. The quantitative estimate of drug-likeness (QED) is 0.882. The predicted molar refractivity (Wildman–Crippen MR) is 104 cm³/mol.